The average molecular weight is 328 g/mol. The first kappa shape index (κ1) is 15.7. The molecule has 2 aromatic rings. The number of methoxy groups -OCH3 is 2. The number of hydrogen-bond donors (Lipinski definition) is 3. The third-order valence-electron chi connectivity index (χ3n) is 3.84. The van der Waals surface area contributed by atoms with Crippen molar-refractivity contribution in [2.75, 3.05) is 14.2 Å². The lowest BCUT2D eigenvalue weighted by Crippen LogP contribution is -2.21. The van der Waals surface area contributed by atoms with Crippen LogP contribution in [0.15, 0.2) is 29.7 Å². The molecule has 1 aromatic heterocycles. The normalized spacial score (nSPS) is 16.3. The quantitative estimate of drug-likeness (QED) is 0.776. The van der Waals surface area contributed by atoms with E-state index < -0.39 is 5.92 Å². The van der Waals surface area contributed by atoms with Crippen LogP contribution < -0.4 is 15.2 Å². The minimum atomic E-state index is -0.528. The zero-order valence-corrected chi connectivity index (χ0v) is 13.2. The van der Waals surface area contributed by atoms with Crippen LogP contribution in [-0.2, 0) is 11.3 Å². The van der Waals surface area contributed by atoms with Gasteiger partial charge in [0.25, 0.3) is 0 Å². The van der Waals surface area contributed by atoms with E-state index in [9.17, 15) is 10.4 Å². The highest BCUT2D eigenvalue weighted by Crippen LogP contribution is 2.44. The van der Waals surface area contributed by atoms with Crippen LogP contribution in [0.3, 0.4) is 0 Å². The van der Waals surface area contributed by atoms with Gasteiger partial charge in [0.15, 0.2) is 11.5 Å². The third kappa shape index (κ3) is 2.41. The summed E-state index contributed by atoms with van der Waals surface area (Å²) < 4.78 is 15.7. The highest BCUT2D eigenvalue weighted by Gasteiger charge is 2.35. The van der Waals surface area contributed by atoms with Crippen LogP contribution >= 0.6 is 0 Å². The zero-order valence-electron chi connectivity index (χ0n) is 13.2. The molecule has 8 nitrogen and oxygen atoms in total. The van der Waals surface area contributed by atoms with Crippen molar-refractivity contribution < 1.29 is 19.3 Å². The van der Waals surface area contributed by atoms with Gasteiger partial charge in [-0.05, 0) is 17.7 Å². The van der Waals surface area contributed by atoms with Crippen LogP contribution in [-0.4, -0.2) is 29.5 Å². The number of aromatic nitrogens is 2. The van der Waals surface area contributed by atoms with Gasteiger partial charge in [0, 0.05) is 7.11 Å². The number of nitrogens with one attached hydrogen (secondary N) is 1. The van der Waals surface area contributed by atoms with Crippen molar-refractivity contribution in [2.45, 2.75) is 12.5 Å². The van der Waals surface area contributed by atoms with Crippen molar-refractivity contribution in [1.29, 1.82) is 5.26 Å². The molecule has 124 valence electrons. The molecule has 0 fully saturated rings. The summed E-state index contributed by atoms with van der Waals surface area (Å²) >= 11 is 0. The van der Waals surface area contributed by atoms with Gasteiger partial charge in [-0.2, -0.15) is 5.26 Å². The number of aromatic hydroxyl groups is 1. The summed E-state index contributed by atoms with van der Waals surface area (Å²) in [6, 6.07) is 7.00. The lowest BCUT2D eigenvalue weighted by molar-refractivity contribution is 0.180. The van der Waals surface area contributed by atoms with Gasteiger partial charge in [-0.3, -0.25) is 5.10 Å². The molecule has 0 saturated heterocycles. The highest BCUT2D eigenvalue weighted by atomic mass is 16.5. The smallest absolute Gasteiger partial charge is 0.244 e. The zero-order chi connectivity index (χ0) is 17.3. The molecule has 8 heteroatoms. The van der Waals surface area contributed by atoms with E-state index in [-0.39, 0.29) is 23.8 Å². The van der Waals surface area contributed by atoms with E-state index in [1.807, 2.05) is 0 Å². The fourth-order valence-electron chi connectivity index (χ4n) is 2.78. The number of ether oxygens (including phenoxy) is 3. The number of rotatable bonds is 4. The van der Waals surface area contributed by atoms with Gasteiger partial charge in [-0.1, -0.05) is 6.07 Å². The van der Waals surface area contributed by atoms with Crippen LogP contribution in [0.25, 0.3) is 0 Å². The Balaban J connectivity index is 2.19. The minimum absolute atomic E-state index is 0.0132. The molecule has 1 atom stereocenters. The summed E-state index contributed by atoms with van der Waals surface area (Å²) in [6.07, 6.45) is 0. The number of nitrogens with zero attached hydrogens (tertiary/aromatic N) is 2. The number of fused-ring (bicyclic) bond motifs is 1. The lowest BCUT2D eigenvalue weighted by atomic mass is 9.84. The number of H-pyrrole nitrogens is 1. The average Bonchev–Trinajstić information content (AvgIpc) is 2.96. The molecule has 3 rings (SSSR count). The summed E-state index contributed by atoms with van der Waals surface area (Å²) in [4.78, 5) is 0. The summed E-state index contributed by atoms with van der Waals surface area (Å²) in [7, 11) is 3.02. The largest absolute Gasteiger partial charge is 0.504 e. The number of nitrogens with two attached hydrogens (primary N) is 1. The maximum Gasteiger partial charge on any atom is 0.244 e. The molecular weight excluding hydrogens is 312 g/mol. The Morgan fingerprint density at radius 2 is 2.25 bits per heavy atom. The van der Waals surface area contributed by atoms with Gasteiger partial charge in [0.2, 0.25) is 11.8 Å². The molecule has 4 N–H and O–H groups in total. The number of nitriles is 1. The molecule has 0 spiro atoms. The standard InChI is InChI=1S/C16H16N4O4/c1-22-7-10-14-13(8-3-4-12(23-2)11(21)5-8)9(6-17)15(18)24-16(14)20-19-10/h3-5,13,21H,7,18H2,1-2H3,(H,19,20)/t13-/m1/s1. The van der Waals surface area contributed by atoms with Gasteiger partial charge >= 0.3 is 0 Å². The molecule has 24 heavy (non-hydrogen) atoms. The molecule has 1 aliphatic heterocycles. The van der Waals surface area contributed by atoms with Crippen LogP contribution in [0, 0.1) is 11.3 Å². The Morgan fingerprint density at radius 1 is 1.46 bits per heavy atom. The van der Waals surface area contributed by atoms with Crippen LogP contribution in [0.1, 0.15) is 22.7 Å². The second-order valence-corrected chi connectivity index (χ2v) is 5.21. The summed E-state index contributed by atoms with van der Waals surface area (Å²) in [5, 5.41) is 26.5. The molecule has 0 aliphatic carbocycles. The van der Waals surface area contributed by atoms with Gasteiger partial charge in [0.1, 0.15) is 11.6 Å². The van der Waals surface area contributed by atoms with E-state index in [1.54, 1.807) is 19.2 Å². The third-order valence-corrected chi connectivity index (χ3v) is 3.84. The van der Waals surface area contributed by atoms with Crippen molar-refractivity contribution in [3.63, 3.8) is 0 Å². The first-order valence-corrected chi connectivity index (χ1v) is 7.11. The van der Waals surface area contributed by atoms with Crippen molar-refractivity contribution >= 4 is 0 Å². The van der Waals surface area contributed by atoms with Gasteiger partial charge in [-0.25, -0.2) is 0 Å². The predicted molar refractivity (Wildman–Crippen MR) is 83.3 cm³/mol. The van der Waals surface area contributed by atoms with E-state index in [0.29, 0.717) is 28.5 Å². The summed E-state index contributed by atoms with van der Waals surface area (Å²) in [5.74, 6) is 0.0561. The van der Waals surface area contributed by atoms with Crippen molar-refractivity contribution in [1.82, 2.24) is 10.2 Å². The number of phenols is 1. The van der Waals surface area contributed by atoms with Crippen molar-refractivity contribution in [3.05, 3.63) is 46.5 Å². The molecule has 1 aromatic carbocycles. The fourth-order valence-corrected chi connectivity index (χ4v) is 2.78. The monoisotopic (exact) mass is 328 g/mol. The van der Waals surface area contributed by atoms with Crippen LogP contribution in [0.4, 0.5) is 0 Å². The van der Waals surface area contributed by atoms with E-state index in [2.05, 4.69) is 16.3 Å². The summed E-state index contributed by atoms with van der Waals surface area (Å²) in [6.45, 7) is 0.267. The SMILES string of the molecule is COCc1[nH]nc2c1[C@H](c1ccc(OC)c(O)c1)C(C#N)=C(N)O2. The molecule has 0 bridgehead atoms. The Bertz CT molecular complexity index is 850. The maximum atomic E-state index is 10.1. The number of benzene rings is 1. The molecule has 1 aliphatic rings. The van der Waals surface area contributed by atoms with Gasteiger partial charge < -0.3 is 25.1 Å². The molecular formula is C16H16N4O4. The number of phenolic OH excluding ortho intramolecular Hbond substituents is 1. The number of aromatic amines is 1. The second kappa shape index (κ2) is 6.14. The minimum Gasteiger partial charge on any atom is -0.504 e. The molecule has 0 unspecified atom stereocenters. The van der Waals surface area contributed by atoms with Crippen LogP contribution in [0.2, 0.25) is 0 Å². The first-order chi connectivity index (χ1) is 11.6. The summed E-state index contributed by atoms with van der Waals surface area (Å²) in [5.41, 5.74) is 8.11. The number of allylic oxidation sites excluding steroid dienone is 1. The van der Waals surface area contributed by atoms with Crippen LogP contribution in [0.5, 0.6) is 17.4 Å². The Hall–Kier alpha value is -3.18. The molecule has 0 saturated carbocycles. The Morgan fingerprint density at radius 3 is 2.88 bits per heavy atom. The van der Waals surface area contributed by atoms with Crippen molar-refractivity contribution in [3.8, 4) is 23.4 Å². The Labute approximate surface area is 138 Å². The Kier molecular flexibility index (Phi) is 4.02. The fraction of sp³-hybridized carbons (Fsp3) is 0.250. The van der Waals surface area contributed by atoms with E-state index in [0.717, 1.165) is 0 Å². The maximum absolute atomic E-state index is 10.1. The number of hydrogen-bond acceptors (Lipinski definition) is 7. The lowest BCUT2D eigenvalue weighted by Gasteiger charge is -2.24. The highest BCUT2D eigenvalue weighted by molar-refractivity contribution is 5.57. The van der Waals surface area contributed by atoms with E-state index in [4.69, 9.17) is 19.9 Å². The molecule has 0 amide bonds. The second-order valence-electron chi connectivity index (χ2n) is 5.21. The van der Waals surface area contributed by atoms with Gasteiger partial charge in [-0.15, -0.1) is 5.10 Å². The predicted octanol–water partition coefficient (Wildman–Crippen LogP) is 1.49. The molecule has 0 radical (unpaired) electrons. The van der Waals surface area contributed by atoms with Crippen molar-refractivity contribution in [2.24, 2.45) is 5.73 Å². The topological polar surface area (TPSA) is 126 Å². The molecule has 2 heterocycles. The first-order valence-electron chi connectivity index (χ1n) is 7.11. The van der Waals surface area contributed by atoms with E-state index in [1.165, 1.54) is 13.2 Å². The van der Waals surface area contributed by atoms with Gasteiger partial charge in [0.05, 0.1) is 30.9 Å². The van der Waals surface area contributed by atoms with E-state index >= 15 is 0 Å².